The Balaban J connectivity index is 4.58. The van der Waals surface area contributed by atoms with Gasteiger partial charge in [-0.15, -0.1) is 0 Å². The standard InChI is InChI=1S/C64H98O6/c1-4-7-10-13-16-19-22-25-28-30-32-34-36-39-42-45-48-51-54-57-63(66)69-60-61(59-68-62(65)56-53-50-47-44-41-38-27-24-21-18-15-12-9-6-3)70-64(67)58-55-52-49-46-43-40-37-35-33-31-29-26-23-20-17-14-11-8-5-2/h7-12,16-21,25-29,32-35,38-40,42-43,61H,4-6,13-15,22-24,30-31,36-37,41,44-60H2,1-3H3/b10-7-,11-8-,12-9-,19-16-,20-17-,21-18-,28-25-,29-26-,34-32-,35-33-,38-27-,42-39-,43-40-. The summed E-state index contributed by atoms with van der Waals surface area (Å²) < 4.78 is 16.8. The highest BCUT2D eigenvalue weighted by Gasteiger charge is 2.19. The fraction of sp³-hybridized carbons (Fsp3) is 0.547. The number of allylic oxidation sites excluding steroid dienone is 26. The second kappa shape index (κ2) is 56.6. The van der Waals surface area contributed by atoms with Gasteiger partial charge in [0.1, 0.15) is 13.2 Å². The zero-order valence-corrected chi connectivity index (χ0v) is 44.5. The van der Waals surface area contributed by atoms with Gasteiger partial charge < -0.3 is 14.2 Å². The molecule has 70 heavy (non-hydrogen) atoms. The van der Waals surface area contributed by atoms with E-state index in [1.807, 2.05) is 0 Å². The Labute approximate surface area is 429 Å². The molecular formula is C64H98O6. The van der Waals surface area contributed by atoms with Gasteiger partial charge in [0.15, 0.2) is 6.10 Å². The Morgan fingerprint density at radius 2 is 0.514 bits per heavy atom. The van der Waals surface area contributed by atoms with Crippen molar-refractivity contribution in [2.45, 2.75) is 213 Å². The zero-order valence-electron chi connectivity index (χ0n) is 44.5. The van der Waals surface area contributed by atoms with Gasteiger partial charge in [0.05, 0.1) is 0 Å². The quantitative estimate of drug-likeness (QED) is 0.0262. The van der Waals surface area contributed by atoms with Crippen LogP contribution in [0, 0.1) is 0 Å². The van der Waals surface area contributed by atoms with Gasteiger partial charge in [0, 0.05) is 19.3 Å². The van der Waals surface area contributed by atoms with E-state index in [4.69, 9.17) is 14.2 Å². The molecule has 0 radical (unpaired) electrons. The molecule has 0 heterocycles. The number of unbranched alkanes of at least 4 members (excludes halogenated alkanes) is 10. The van der Waals surface area contributed by atoms with Crippen molar-refractivity contribution in [3.05, 3.63) is 158 Å². The first kappa shape index (κ1) is 65.0. The molecular weight excluding hydrogens is 865 g/mol. The van der Waals surface area contributed by atoms with Gasteiger partial charge >= 0.3 is 17.9 Å². The first-order chi connectivity index (χ1) is 34.5. The lowest BCUT2D eigenvalue weighted by molar-refractivity contribution is -0.167. The Morgan fingerprint density at radius 3 is 0.800 bits per heavy atom. The van der Waals surface area contributed by atoms with Crippen molar-refractivity contribution in [2.24, 2.45) is 0 Å². The summed E-state index contributed by atoms with van der Waals surface area (Å²) in [6.07, 6.45) is 82.3. The fourth-order valence-corrected chi connectivity index (χ4v) is 6.74. The van der Waals surface area contributed by atoms with E-state index < -0.39 is 6.10 Å². The highest BCUT2D eigenvalue weighted by Crippen LogP contribution is 2.12. The number of ether oxygens (including phenoxy) is 3. The Bertz CT molecular complexity index is 1620. The number of carbonyl (C=O) groups excluding carboxylic acids is 3. The van der Waals surface area contributed by atoms with E-state index in [9.17, 15) is 14.4 Å². The van der Waals surface area contributed by atoms with E-state index in [0.29, 0.717) is 19.3 Å². The van der Waals surface area contributed by atoms with Crippen LogP contribution in [0.15, 0.2) is 158 Å². The van der Waals surface area contributed by atoms with E-state index in [1.54, 1.807) is 0 Å². The first-order valence-electron chi connectivity index (χ1n) is 27.5. The van der Waals surface area contributed by atoms with E-state index in [-0.39, 0.29) is 37.5 Å². The Hall–Kier alpha value is -4.97. The third-order valence-electron chi connectivity index (χ3n) is 10.8. The highest BCUT2D eigenvalue weighted by atomic mass is 16.6. The maximum Gasteiger partial charge on any atom is 0.306 e. The molecule has 0 saturated heterocycles. The average Bonchev–Trinajstić information content (AvgIpc) is 3.36. The minimum Gasteiger partial charge on any atom is -0.462 e. The van der Waals surface area contributed by atoms with Gasteiger partial charge in [-0.05, 0) is 141 Å². The summed E-state index contributed by atoms with van der Waals surface area (Å²) in [5.41, 5.74) is 0. The Morgan fingerprint density at radius 1 is 0.286 bits per heavy atom. The molecule has 0 aromatic rings. The molecule has 1 unspecified atom stereocenters. The van der Waals surface area contributed by atoms with Crippen molar-refractivity contribution in [1.82, 2.24) is 0 Å². The van der Waals surface area contributed by atoms with Gasteiger partial charge in [-0.2, -0.15) is 0 Å². The first-order valence-corrected chi connectivity index (χ1v) is 27.5. The highest BCUT2D eigenvalue weighted by molar-refractivity contribution is 5.71. The van der Waals surface area contributed by atoms with Crippen LogP contribution in [0.5, 0.6) is 0 Å². The summed E-state index contributed by atoms with van der Waals surface area (Å²) in [6, 6.07) is 0. The molecule has 1 atom stereocenters. The van der Waals surface area contributed by atoms with Crippen LogP contribution in [0.3, 0.4) is 0 Å². The summed E-state index contributed by atoms with van der Waals surface area (Å²) in [4.78, 5) is 38.1. The summed E-state index contributed by atoms with van der Waals surface area (Å²) in [7, 11) is 0. The number of carbonyl (C=O) groups is 3. The molecule has 0 aromatic heterocycles. The predicted molar refractivity (Wildman–Crippen MR) is 302 cm³/mol. The predicted octanol–water partition coefficient (Wildman–Crippen LogP) is 18.6. The van der Waals surface area contributed by atoms with Crippen LogP contribution in [0.4, 0.5) is 0 Å². The second-order valence-electron chi connectivity index (χ2n) is 17.3. The van der Waals surface area contributed by atoms with Crippen LogP contribution in [-0.2, 0) is 28.6 Å². The molecule has 0 aliphatic rings. The monoisotopic (exact) mass is 963 g/mol. The molecule has 6 nitrogen and oxygen atoms in total. The third kappa shape index (κ3) is 54.0. The summed E-state index contributed by atoms with van der Waals surface area (Å²) in [5.74, 6) is -1.02. The number of hydrogen-bond donors (Lipinski definition) is 0. The van der Waals surface area contributed by atoms with Crippen LogP contribution < -0.4 is 0 Å². The lowest BCUT2D eigenvalue weighted by Gasteiger charge is -2.18. The molecule has 390 valence electrons. The Kier molecular flexibility index (Phi) is 52.6. The number of rotatable bonds is 47. The molecule has 0 saturated carbocycles. The van der Waals surface area contributed by atoms with Crippen LogP contribution in [0.25, 0.3) is 0 Å². The van der Waals surface area contributed by atoms with Gasteiger partial charge in [-0.1, -0.05) is 204 Å². The van der Waals surface area contributed by atoms with E-state index in [1.165, 1.54) is 0 Å². The van der Waals surface area contributed by atoms with E-state index >= 15 is 0 Å². The summed E-state index contributed by atoms with van der Waals surface area (Å²) in [6.45, 7) is 6.20. The van der Waals surface area contributed by atoms with Gasteiger partial charge in [0.2, 0.25) is 0 Å². The minimum absolute atomic E-state index is 0.122. The van der Waals surface area contributed by atoms with Crippen molar-refractivity contribution in [3.8, 4) is 0 Å². The van der Waals surface area contributed by atoms with Gasteiger partial charge in [-0.3, -0.25) is 14.4 Å². The molecule has 0 amide bonds. The fourth-order valence-electron chi connectivity index (χ4n) is 6.74. The van der Waals surface area contributed by atoms with E-state index in [0.717, 1.165) is 161 Å². The van der Waals surface area contributed by atoms with Crippen molar-refractivity contribution >= 4 is 17.9 Å². The zero-order chi connectivity index (χ0) is 50.7. The molecule has 0 aliphatic heterocycles. The van der Waals surface area contributed by atoms with Crippen LogP contribution in [0.2, 0.25) is 0 Å². The van der Waals surface area contributed by atoms with Crippen LogP contribution in [-0.4, -0.2) is 37.2 Å². The molecule has 0 aliphatic carbocycles. The lowest BCUT2D eigenvalue weighted by atomic mass is 10.1. The minimum atomic E-state index is -0.827. The summed E-state index contributed by atoms with van der Waals surface area (Å²) in [5, 5.41) is 0. The van der Waals surface area contributed by atoms with Crippen LogP contribution in [0.1, 0.15) is 207 Å². The molecule has 0 fully saturated rings. The summed E-state index contributed by atoms with van der Waals surface area (Å²) >= 11 is 0. The number of hydrogen-bond acceptors (Lipinski definition) is 6. The topological polar surface area (TPSA) is 78.9 Å². The average molecular weight is 963 g/mol. The van der Waals surface area contributed by atoms with Crippen molar-refractivity contribution in [2.75, 3.05) is 13.2 Å². The molecule has 0 spiro atoms. The molecule has 0 bridgehead atoms. The van der Waals surface area contributed by atoms with Crippen LogP contribution >= 0.6 is 0 Å². The normalized spacial score (nSPS) is 13.4. The van der Waals surface area contributed by atoms with Gasteiger partial charge in [-0.25, -0.2) is 0 Å². The molecule has 0 aromatic carbocycles. The second-order valence-corrected chi connectivity index (χ2v) is 17.3. The third-order valence-corrected chi connectivity index (χ3v) is 10.8. The lowest BCUT2D eigenvalue weighted by Crippen LogP contribution is -2.30. The van der Waals surface area contributed by atoms with E-state index in [2.05, 4.69) is 179 Å². The molecule has 6 heteroatoms. The SMILES string of the molecule is CC/C=C\C/C=C\C/C=C\C/C=C\C/C=C\CCCCCC(=O)OCC(COC(=O)CCCCCC/C=C\C/C=C\C/C=C\CC)OC(=O)CCCCC/C=C\C/C=C\C/C=C\C/C=C\C/C=C\CC. The maximum absolute atomic E-state index is 12.8. The smallest absolute Gasteiger partial charge is 0.306 e. The molecule has 0 rings (SSSR count). The maximum atomic E-state index is 12.8. The van der Waals surface area contributed by atoms with Crippen molar-refractivity contribution in [3.63, 3.8) is 0 Å². The van der Waals surface area contributed by atoms with Crippen molar-refractivity contribution < 1.29 is 28.6 Å². The molecule has 0 N–H and O–H groups in total. The van der Waals surface area contributed by atoms with Crippen molar-refractivity contribution in [1.29, 1.82) is 0 Å². The number of esters is 3. The van der Waals surface area contributed by atoms with Gasteiger partial charge in [0.25, 0.3) is 0 Å². The largest absolute Gasteiger partial charge is 0.462 e.